The average Bonchev–Trinajstić information content (AvgIpc) is 2.55. The number of aromatic nitrogens is 3. The van der Waals surface area contributed by atoms with Gasteiger partial charge in [-0.15, -0.1) is 0 Å². The van der Waals surface area contributed by atoms with Crippen LogP contribution >= 0.6 is 31.9 Å². The monoisotopic (exact) mass is 306 g/mol. The van der Waals surface area contributed by atoms with Crippen LogP contribution in [0.1, 0.15) is 6.85 Å². The molecule has 2 heterocycles. The van der Waals surface area contributed by atoms with Gasteiger partial charge >= 0.3 is 0 Å². The molecule has 3 nitrogen and oxygen atoms in total. The number of pyridine rings is 1. The molecule has 0 radical (unpaired) electrons. The second kappa shape index (κ2) is 3.59. The Morgan fingerprint density at radius 2 is 2.31 bits per heavy atom. The van der Waals surface area contributed by atoms with E-state index >= 15 is 0 Å². The van der Waals surface area contributed by atoms with E-state index in [-0.39, 0.29) is 45.4 Å². The molecule has 0 aliphatic carbocycles. The molecule has 0 fully saturated rings. The lowest BCUT2D eigenvalue weighted by Gasteiger charge is -1.99. The maximum Gasteiger partial charge on any atom is 0.108 e. The standard InChI is InChI=1S/C8H5Br2N3/c9-6-4-12-13(5-6)7-1-2-11-8(10)3-7/h1-5H/i1D,2D,3D,4D,5D. The fourth-order valence-electron chi connectivity index (χ4n) is 0.736. The first-order valence-electron chi connectivity index (χ1n) is 5.70. The van der Waals surface area contributed by atoms with Crippen molar-refractivity contribution in [3.05, 3.63) is 39.7 Å². The highest BCUT2D eigenvalue weighted by atomic mass is 79.9. The van der Waals surface area contributed by atoms with Crippen molar-refractivity contribution in [3.63, 3.8) is 0 Å². The fourth-order valence-corrected chi connectivity index (χ4v) is 1.26. The number of halogens is 2. The van der Waals surface area contributed by atoms with Crippen molar-refractivity contribution >= 4 is 31.9 Å². The highest BCUT2D eigenvalue weighted by Gasteiger charge is 1.98. The van der Waals surface area contributed by atoms with Crippen LogP contribution in [0.4, 0.5) is 0 Å². The van der Waals surface area contributed by atoms with Crippen molar-refractivity contribution in [3.8, 4) is 5.69 Å². The molecular formula is C8H5Br2N3. The zero-order chi connectivity index (χ0) is 13.6. The lowest BCUT2D eigenvalue weighted by molar-refractivity contribution is 0.876. The first kappa shape index (κ1) is 4.70. The normalized spacial score (nSPS) is 15.7. The van der Waals surface area contributed by atoms with E-state index in [0.29, 0.717) is 0 Å². The predicted molar refractivity (Wildman–Crippen MR) is 56.8 cm³/mol. The number of hydrogen-bond acceptors (Lipinski definition) is 2. The molecule has 0 spiro atoms. The van der Waals surface area contributed by atoms with Crippen LogP contribution in [0.2, 0.25) is 0 Å². The van der Waals surface area contributed by atoms with E-state index in [0.717, 1.165) is 4.68 Å². The lowest BCUT2D eigenvalue weighted by Crippen LogP contribution is -1.93. The van der Waals surface area contributed by atoms with Crippen LogP contribution in [0.25, 0.3) is 5.69 Å². The quantitative estimate of drug-likeness (QED) is 0.759. The van der Waals surface area contributed by atoms with E-state index in [4.69, 9.17) is 6.85 Å². The Balaban J connectivity index is 2.82. The van der Waals surface area contributed by atoms with Crippen LogP contribution in [0.3, 0.4) is 0 Å². The van der Waals surface area contributed by atoms with Gasteiger partial charge in [0.15, 0.2) is 0 Å². The van der Waals surface area contributed by atoms with Crippen LogP contribution in [-0.2, 0) is 0 Å². The summed E-state index contributed by atoms with van der Waals surface area (Å²) in [5, 5.41) is 3.76. The van der Waals surface area contributed by atoms with Gasteiger partial charge in [0, 0.05) is 12.3 Å². The Labute approximate surface area is 99.1 Å². The molecule has 0 bridgehead atoms. The van der Waals surface area contributed by atoms with Gasteiger partial charge in [-0.1, -0.05) is 0 Å². The molecule has 2 rings (SSSR count). The zero-order valence-corrected chi connectivity index (χ0v) is 9.27. The topological polar surface area (TPSA) is 30.7 Å². The first-order valence-corrected chi connectivity index (χ1v) is 4.78. The largest absolute Gasteiger partial charge is 0.249 e. The summed E-state index contributed by atoms with van der Waals surface area (Å²) in [6.07, 6.45) is -0.650. The Bertz CT molecular complexity index is 616. The third-order valence-electron chi connectivity index (χ3n) is 1.21. The molecule has 2 aromatic heterocycles. The van der Waals surface area contributed by atoms with Gasteiger partial charge in [-0.25, -0.2) is 9.67 Å². The summed E-state index contributed by atoms with van der Waals surface area (Å²) in [5.74, 6) is 0. The van der Waals surface area contributed by atoms with Crippen LogP contribution in [0.15, 0.2) is 39.7 Å². The average molecular weight is 308 g/mol. The van der Waals surface area contributed by atoms with Gasteiger partial charge in [0.2, 0.25) is 0 Å². The lowest BCUT2D eigenvalue weighted by atomic mass is 10.4. The fraction of sp³-hybridized carbons (Fsp3) is 0. The molecule has 0 amide bonds. The molecule has 0 aliphatic heterocycles. The summed E-state index contributed by atoms with van der Waals surface area (Å²) in [7, 11) is 0. The van der Waals surface area contributed by atoms with Gasteiger partial charge in [-0.3, -0.25) is 0 Å². The molecule has 0 saturated carbocycles. The zero-order valence-electron chi connectivity index (χ0n) is 11.1. The second-order valence-electron chi connectivity index (χ2n) is 2.06. The van der Waals surface area contributed by atoms with Crippen LogP contribution in [0.5, 0.6) is 0 Å². The molecular weight excluding hydrogens is 298 g/mol. The summed E-state index contributed by atoms with van der Waals surface area (Å²) < 4.78 is 39.5. The Hall–Kier alpha value is -0.680. The summed E-state index contributed by atoms with van der Waals surface area (Å²) in [6, 6.07) is -0.466. The Kier molecular flexibility index (Phi) is 1.30. The van der Waals surface area contributed by atoms with E-state index in [2.05, 4.69) is 41.9 Å². The van der Waals surface area contributed by atoms with Gasteiger partial charge < -0.3 is 0 Å². The van der Waals surface area contributed by atoms with Gasteiger partial charge in [-0.2, -0.15) is 5.10 Å². The Morgan fingerprint density at radius 1 is 1.46 bits per heavy atom. The maximum atomic E-state index is 7.81. The van der Waals surface area contributed by atoms with E-state index in [1.807, 2.05) is 0 Å². The van der Waals surface area contributed by atoms with Crippen LogP contribution in [0, 0.1) is 0 Å². The molecule has 0 saturated heterocycles. The molecule has 0 N–H and O–H groups in total. The first-order chi connectivity index (χ1) is 8.34. The third kappa shape index (κ3) is 1.97. The van der Waals surface area contributed by atoms with Crippen molar-refractivity contribution < 1.29 is 6.85 Å². The van der Waals surface area contributed by atoms with Crippen molar-refractivity contribution in [1.29, 1.82) is 0 Å². The molecule has 2 aromatic rings. The highest BCUT2D eigenvalue weighted by molar-refractivity contribution is 9.10. The minimum Gasteiger partial charge on any atom is -0.249 e. The molecule has 66 valence electrons. The highest BCUT2D eigenvalue weighted by Crippen LogP contribution is 2.14. The maximum absolute atomic E-state index is 7.81. The van der Waals surface area contributed by atoms with Gasteiger partial charge in [0.05, 0.1) is 23.2 Å². The van der Waals surface area contributed by atoms with Crippen molar-refractivity contribution in [2.24, 2.45) is 0 Å². The van der Waals surface area contributed by atoms with Crippen molar-refractivity contribution in [1.82, 2.24) is 14.8 Å². The van der Waals surface area contributed by atoms with E-state index in [9.17, 15) is 0 Å². The third-order valence-corrected chi connectivity index (χ3v) is 1.94. The second-order valence-corrected chi connectivity index (χ2v) is 3.61. The van der Waals surface area contributed by atoms with Crippen molar-refractivity contribution in [2.45, 2.75) is 0 Å². The summed E-state index contributed by atoms with van der Waals surface area (Å²) in [6.45, 7) is 0. The van der Waals surface area contributed by atoms with Gasteiger partial charge in [-0.05, 0) is 43.9 Å². The van der Waals surface area contributed by atoms with E-state index in [1.54, 1.807) is 0 Å². The SMILES string of the molecule is [2H]c1nc(Br)c([2H])c(-n2nc([2H])c(Br)c2[2H])c1[2H]. The van der Waals surface area contributed by atoms with Gasteiger partial charge in [0.25, 0.3) is 0 Å². The molecule has 5 heteroatoms. The molecule has 13 heavy (non-hydrogen) atoms. The number of rotatable bonds is 1. The smallest absolute Gasteiger partial charge is 0.108 e. The number of nitrogens with zero attached hydrogens (tertiary/aromatic N) is 3. The van der Waals surface area contributed by atoms with E-state index < -0.39 is 0 Å². The van der Waals surface area contributed by atoms with Gasteiger partial charge in [0.1, 0.15) is 4.60 Å². The summed E-state index contributed by atoms with van der Waals surface area (Å²) >= 11 is 6.04. The molecule has 0 atom stereocenters. The number of hydrogen-bond donors (Lipinski definition) is 0. The summed E-state index contributed by atoms with van der Waals surface area (Å²) in [5.41, 5.74) is -0.0499. The van der Waals surface area contributed by atoms with E-state index in [1.165, 1.54) is 0 Å². The molecule has 0 unspecified atom stereocenters. The Morgan fingerprint density at radius 3 is 3.00 bits per heavy atom. The predicted octanol–water partition coefficient (Wildman–Crippen LogP) is 2.79. The molecule has 0 aromatic carbocycles. The van der Waals surface area contributed by atoms with Crippen molar-refractivity contribution in [2.75, 3.05) is 0 Å². The minimum absolute atomic E-state index is 0.0499. The summed E-state index contributed by atoms with van der Waals surface area (Å²) in [4.78, 5) is 3.67. The van der Waals surface area contributed by atoms with Crippen LogP contribution in [-0.4, -0.2) is 14.8 Å². The minimum atomic E-state index is -0.328. The van der Waals surface area contributed by atoms with Crippen LogP contribution < -0.4 is 0 Å². The molecule has 0 aliphatic rings.